The molecule has 2 aliphatic rings. The smallest absolute Gasteiger partial charge is 0.257 e. The number of benzene rings is 3. The van der Waals surface area contributed by atoms with Crippen molar-refractivity contribution in [3.05, 3.63) is 83.1 Å². The van der Waals surface area contributed by atoms with E-state index >= 15 is 0 Å². The SMILES string of the molecule is O=C(Nc1ccc(NC2=NCCN2)cc1)c1ccc(C(=O)Nc2ccc(NC3=NCCN3)cc2)c(N([O-])O)c1. The highest BCUT2D eigenvalue weighted by molar-refractivity contribution is 6.11. The number of hydrogen-bond acceptors (Lipinski definition) is 11. The van der Waals surface area contributed by atoms with Gasteiger partial charge in [0, 0.05) is 41.4 Å². The summed E-state index contributed by atoms with van der Waals surface area (Å²) < 4.78 is 0. The van der Waals surface area contributed by atoms with Crippen molar-refractivity contribution in [2.24, 2.45) is 9.98 Å². The van der Waals surface area contributed by atoms with Gasteiger partial charge in [0.05, 0.1) is 24.3 Å². The number of nitrogens with one attached hydrogen (secondary N) is 6. The Balaban J connectivity index is 1.23. The number of carbonyl (C=O) groups is 2. The number of nitrogens with zero attached hydrogens (tertiary/aromatic N) is 3. The molecule has 13 heteroatoms. The predicted octanol–water partition coefficient (Wildman–Crippen LogP) is 2.63. The Morgan fingerprint density at radius 1 is 0.744 bits per heavy atom. The quantitative estimate of drug-likeness (QED) is 0.227. The summed E-state index contributed by atoms with van der Waals surface area (Å²) in [6.07, 6.45) is 0. The van der Waals surface area contributed by atoms with Crippen LogP contribution in [0.1, 0.15) is 20.7 Å². The van der Waals surface area contributed by atoms with Crippen LogP contribution in [0.3, 0.4) is 0 Å². The number of rotatable bonds is 7. The zero-order valence-electron chi connectivity index (χ0n) is 20.7. The van der Waals surface area contributed by atoms with Crippen LogP contribution in [0.5, 0.6) is 0 Å². The Morgan fingerprint density at radius 2 is 1.23 bits per heavy atom. The van der Waals surface area contributed by atoms with Crippen LogP contribution >= 0.6 is 0 Å². The molecule has 2 heterocycles. The second-order valence-electron chi connectivity index (χ2n) is 8.63. The molecule has 3 aromatic carbocycles. The number of guanidine groups is 2. The monoisotopic (exact) mass is 528 g/mol. The summed E-state index contributed by atoms with van der Waals surface area (Å²) in [7, 11) is 0. The number of aliphatic imine (C=N–C) groups is 2. The maximum Gasteiger partial charge on any atom is 0.257 e. The number of hydrogen-bond donors (Lipinski definition) is 7. The molecule has 3 aromatic rings. The topological polar surface area (TPSA) is 178 Å². The van der Waals surface area contributed by atoms with Gasteiger partial charge >= 0.3 is 0 Å². The minimum absolute atomic E-state index is 0.0852. The van der Waals surface area contributed by atoms with Crippen LogP contribution in [0, 0.1) is 5.21 Å². The van der Waals surface area contributed by atoms with Gasteiger partial charge in [-0.2, -0.15) is 0 Å². The maximum atomic E-state index is 12.9. The van der Waals surface area contributed by atoms with E-state index in [1.165, 1.54) is 12.1 Å². The second-order valence-corrected chi connectivity index (χ2v) is 8.63. The lowest BCUT2D eigenvalue weighted by Crippen LogP contribution is -2.26. The van der Waals surface area contributed by atoms with Crippen molar-refractivity contribution in [1.29, 1.82) is 0 Å². The van der Waals surface area contributed by atoms with Crippen LogP contribution in [-0.2, 0) is 0 Å². The normalized spacial score (nSPS) is 13.9. The molecular formula is C26H26N9O4-. The van der Waals surface area contributed by atoms with Crippen molar-refractivity contribution in [2.45, 2.75) is 0 Å². The molecule has 0 spiro atoms. The first-order valence-electron chi connectivity index (χ1n) is 12.2. The maximum absolute atomic E-state index is 12.9. The zero-order chi connectivity index (χ0) is 27.2. The summed E-state index contributed by atoms with van der Waals surface area (Å²) in [4.78, 5) is 34.2. The largest absolute Gasteiger partial charge is 0.733 e. The predicted molar refractivity (Wildman–Crippen MR) is 151 cm³/mol. The summed E-state index contributed by atoms with van der Waals surface area (Å²) in [6, 6.07) is 17.8. The van der Waals surface area contributed by atoms with Gasteiger partial charge in [-0.1, -0.05) is 0 Å². The summed E-state index contributed by atoms with van der Waals surface area (Å²) >= 11 is 0. The average molecular weight is 529 g/mol. The van der Waals surface area contributed by atoms with Crippen molar-refractivity contribution in [1.82, 2.24) is 10.6 Å². The Hall–Kier alpha value is -5.14. The third-order valence-electron chi connectivity index (χ3n) is 5.87. The van der Waals surface area contributed by atoms with E-state index in [1.54, 1.807) is 48.5 Å². The second kappa shape index (κ2) is 11.5. The van der Waals surface area contributed by atoms with Gasteiger partial charge in [-0.15, -0.1) is 0 Å². The lowest BCUT2D eigenvalue weighted by molar-refractivity contribution is 0.101. The molecule has 0 bridgehead atoms. The third-order valence-corrected chi connectivity index (χ3v) is 5.87. The minimum Gasteiger partial charge on any atom is -0.733 e. The first-order chi connectivity index (χ1) is 18.9. The van der Waals surface area contributed by atoms with Crippen molar-refractivity contribution < 1.29 is 14.8 Å². The molecule has 0 saturated carbocycles. The van der Waals surface area contributed by atoms with E-state index in [-0.39, 0.29) is 16.8 Å². The summed E-state index contributed by atoms with van der Waals surface area (Å²) in [5.74, 6) is 0.229. The summed E-state index contributed by atoms with van der Waals surface area (Å²) in [5, 5.41) is 39.0. The zero-order valence-corrected chi connectivity index (χ0v) is 20.7. The van der Waals surface area contributed by atoms with E-state index < -0.39 is 17.0 Å². The Morgan fingerprint density at radius 3 is 1.69 bits per heavy atom. The van der Waals surface area contributed by atoms with Crippen molar-refractivity contribution in [2.75, 3.05) is 52.7 Å². The van der Waals surface area contributed by atoms with Crippen molar-refractivity contribution >= 4 is 52.2 Å². The van der Waals surface area contributed by atoms with Gasteiger partial charge in [0.25, 0.3) is 11.8 Å². The van der Waals surface area contributed by atoms with Crippen LogP contribution in [0.4, 0.5) is 28.4 Å². The third kappa shape index (κ3) is 6.41. The molecular weight excluding hydrogens is 502 g/mol. The lowest BCUT2D eigenvalue weighted by atomic mass is 10.1. The van der Waals surface area contributed by atoms with Gasteiger partial charge in [0.1, 0.15) is 0 Å². The molecule has 5 rings (SSSR count). The van der Waals surface area contributed by atoms with Gasteiger partial charge in [-0.25, -0.2) is 0 Å². The first-order valence-corrected chi connectivity index (χ1v) is 12.2. The van der Waals surface area contributed by atoms with Crippen LogP contribution in [0.2, 0.25) is 0 Å². The van der Waals surface area contributed by atoms with Gasteiger partial charge in [0.15, 0.2) is 11.9 Å². The Labute approximate surface area is 223 Å². The molecule has 39 heavy (non-hydrogen) atoms. The van der Waals surface area contributed by atoms with Crippen LogP contribution in [0.15, 0.2) is 76.7 Å². The van der Waals surface area contributed by atoms with Gasteiger partial charge < -0.3 is 42.3 Å². The summed E-state index contributed by atoms with van der Waals surface area (Å²) in [5.41, 5.74) is 2.19. The average Bonchev–Trinajstić information content (AvgIpc) is 3.65. The van der Waals surface area contributed by atoms with Crippen LogP contribution in [0.25, 0.3) is 0 Å². The Kier molecular flexibility index (Phi) is 7.52. The summed E-state index contributed by atoms with van der Waals surface area (Å²) in [6.45, 7) is 2.99. The molecule has 0 fully saturated rings. The van der Waals surface area contributed by atoms with E-state index in [1.807, 2.05) is 0 Å². The molecule has 0 atom stereocenters. The molecule has 0 aliphatic carbocycles. The first kappa shape index (κ1) is 25.5. The fourth-order valence-corrected chi connectivity index (χ4v) is 3.94. The van der Waals surface area contributed by atoms with Crippen LogP contribution in [-0.4, -0.2) is 55.1 Å². The fraction of sp³-hybridized carbons (Fsp3) is 0.154. The highest BCUT2D eigenvalue weighted by Gasteiger charge is 2.17. The van der Waals surface area contributed by atoms with E-state index in [0.717, 1.165) is 30.5 Å². The van der Waals surface area contributed by atoms with E-state index in [4.69, 9.17) is 0 Å². The fourth-order valence-electron chi connectivity index (χ4n) is 3.94. The molecule has 200 valence electrons. The van der Waals surface area contributed by atoms with E-state index in [9.17, 15) is 20.0 Å². The van der Waals surface area contributed by atoms with E-state index in [2.05, 4.69) is 41.9 Å². The molecule has 2 amide bonds. The molecule has 13 nitrogen and oxygen atoms in total. The molecule has 0 saturated heterocycles. The molecule has 2 aliphatic heterocycles. The van der Waals surface area contributed by atoms with Crippen molar-refractivity contribution in [3.63, 3.8) is 0 Å². The number of anilines is 5. The minimum atomic E-state index is -0.626. The lowest BCUT2D eigenvalue weighted by Gasteiger charge is -2.25. The van der Waals surface area contributed by atoms with Crippen molar-refractivity contribution in [3.8, 4) is 0 Å². The standard InChI is InChI=1S/C26H26N9O4/c36-23(31-17-2-6-19(7-3-17)33-25-27-11-12-28-25)16-1-10-21(22(15-16)35(38)39)24(37)32-18-4-8-20(9-5-18)34-26-29-13-14-30-26/h1-10,15,38H,11-14H2,(H,31,36)(H,32,37)(H2,27,28,33)(H2,29,30,34)/q-1. The highest BCUT2D eigenvalue weighted by Crippen LogP contribution is 2.24. The van der Waals surface area contributed by atoms with Gasteiger partial charge in [-0.05, 0) is 66.7 Å². The van der Waals surface area contributed by atoms with E-state index in [0.29, 0.717) is 36.4 Å². The highest BCUT2D eigenvalue weighted by atomic mass is 16.8. The molecule has 0 radical (unpaired) electrons. The molecule has 0 unspecified atom stereocenters. The Bertz CT molecular complexity index is 1420. The number of carbonyl (C=O) groups excluding carboxylic acids is 2. The van der Waals surface area contributed by atoms with Gasteiger partial charge in [-0.3, -0.25) is 24.8 Å². The van der Waals surface area contributed by atoms with Gasteiger partial charge in [0.2, 0.25) is 0 Å². The molecule has 0 aromatic heterocycles. The van der Waals surface area contributed by atoms with Crippen LogP contribution < -0.4 is 37.1 Å². The number of amides is 2. The molecule has 7 N–H and O–H groups in total.